The number of nitrogens with one attached hydrogen (secondary N) is 1. The summed E-state index contributed by atoms with van der Waals surface area (Å²) in [5.74, 6) is -1.02. The predicted molar refractivity (Wildman–Crippen MR) is 94.8 cm³/mol. The number of carbonyl (C=O) groups excluding carboxylic acids is 1. The summed E-state index contributed by atoms with van der Waals surface area (Å²) in [6.45, 7) is 0. The van der Waals surface area contributed by atoms with Gasteiger partial charge in [0.2, 0.25) is 10.0 Å². The van der Waals surface area contributed by atoms with Gasteiger partial charge in [0.25, 0.3) is 5.91 Å². The fraction of sp³-hybridized carbons (Fsp3) is 0.235. The van der Waals surface area contributed by atoms with Crippen molar-refractivity contribution in [2.45, 2.75) is 4.90 Å². The summed E-state index contributed by atoms with van der Waals surface area (Å²) < 4.78 is 49.3. The second-order valence-electron chi connectivity index (χ2n) is 5.45. The molecule has 0 saturated heterocycles. The van der Waals surface area contributed by atoms with E-state index < -0.39 is 21.7 Å². The number of anilines is 1. The number of nitrogens with zero attached hydrogens (tertiary/aromatic N) is 1. The molecule has 9 heteroatoms. The average Bonchev–Trinajstić information content (AvgIpc) is 2.61. The summed E-state index contributed by atoms with van der Waals surface area (Å²) in [7, 11) is 1.82. The van der Waals surface area contributed by atoms with Crippen molar-refractivity contribution in [2.75, 3.05) is 33.6 Å². The van der Waals surface area contributed by atoms with Crippen molar-refractivity contribution in [3.05, 3.63) is 47.8 Å². The lowest BCUT2D eigenvalue weighted by Crippen LogP contribution is -2.22. The minimum Gasteiger partial charge on any atom is -0.495 e. The Morgan fingerprint density at radius 2 is 1.65 bits per heavy atom. The third-order valence-electron chi connectivity index (χ3n) is 3.61. The molecule has 0 spiro atoms. The molecule has 0 aliphatic rings. The van der Waals surface area contributed by atoms with Gasteiger partial charge in [0.05, 0.1) is 24.8 Å². The Bertz CT molecular complexity index is 929. The van der Waals surface area contributed by atoms with E-state index in [0.717, 1.165) is 10.4 Å². The number of methoxy groups -OCH3 is 2. The van der Waals surface area contributed by atoms with Crippen LogP contribution in [0.25, 0.3) is 0 Å². The van der Waals surface area contributed by atoms with E-state index in [-0.39, 0.29) is 27.6 Å². The maximum Gasteiger partial charge on any atom is 0.255 e. The second kappa shape index (κ2) is 7.71. The normalized spacial score (nSPS) is 11.3. The largest absolute Gasteiger partial charge is 0.495 e. The zero-order valence-corrected chi connectivity index (χ0v) is 15.6. The molecule has 0 heterocycles. The summed E-state index contributed by atoms with van der Waals surface area (Å²) in [6, 6.07) is 7.84. The van der Waals surface area contributed by atoms with Gasteiger partial charge in [-0.3, -0.25) is 4.79 Å². The van der Waals surface area contributed by atoms with Gasteiger partial charge in [0.1, 0.15) is 5.75 Å². The monoisotopic (exact) mass is 382 g/mol. The van der Waals surface area contributed by atoms with Crippen LogP contribution in [0.15, 0.2) is 41.3 Å². The van der Waals surface area contributed by atoms with Crippen LogP contribution in [0, 0.1) is 5.82 Å². The Morgan fingerprint density at radius 1 is 1.04 bits per heavy atom. The minimum atomic E-state index is -3.69. The van der Waals surface area contributed by atoms with Crippen LogP contribution in [-0.2, 0) is 10.0 Å². The van der Waals surface area contributed by atoms with E-state index >= 15 is 0 Å². The molecule has 26 heavy (non-hydrogen) atoms. The van der Waals surface area contributed by atoms with E-state index in [0.29, 0.717) is 0 Å². The van der Waals surface area contributed by atoms with Crippen molar-refractivity contribution in [2.24, 2.45) is 0 Å². The lowest BCUT2D eigenvalue weighted by atomic mass is 10.2. The smallest absolute Gasteiger partial charge is 0.255 e. The zero-order valence-electron chi connectivity index (χ0n) is 14.7. The SMILES string of the molecule is COc1ccc(C(=O)Nc2cc(S(=O)(=O)N(C)C)ccc2OC)cc1F. The highest BCUT2D eigenvalue weighted by Gasteiger charge is 2.20. The quantitative estimate of drug-likeness (QED) is 0.829. The molecule has 0 atom stereocenters. The standard InChI is InChI=1S/C17H19FN2O5S/c1-20(2)26(22,23)12-6-8-16(25-4)14(10-12)19-17(21)11-5-7-15(24-3)13(18)9-11/h5-10H,1-4H3,(H,19,21). The molecule has 2 aromatic rings. The molecule has 2 aromatic carbocycles. The molecule has 7 nitrogen and oxygen atoms in total. The molecule has 0 aromatic heterocycles. The van der Waals surface area contributed by atoms with Crippen molar-refractivity contribution in [1.82, 2.24) is 4.31 Å². The average molecular weight is 382 g/mol. The first-order valence-corrected chi connectivity index (χ1v) is 8.90. The maximum absolute atomic E-state index is 13.8. The summed E-state index contributed by atoms with van der Waals surface area (Å²) in [4.78, 5) is 12.4. The van der Waals surface area contributed by atoms with Crippen LogP contribution in [0.4, 0.5) is 10.1 Å². The summed E-state index contributed by atoms with van der Waals surface area (Å²) in [5.41, 5.74) is 0.197. The number of hydrogen-bond acceptors (Lipinski definition) is 5. The van der Waals surface area contributed by atoms with Gasteiger partial charge < -0.3 is 14.8 Å². The van der Waals surface area contributed by atoms with Gasteiger partial charge in [-0.15, -0.1) is 0 Å². The van der Waals surface area contributed by atoms with Crippen molar-refractivity contribution in [3.63, 3.8) is 0 Å². The topological polar surface area (TPSA) is 84.9 Å². The molecule has 140 valence electrons. The summed E-state index contributed by atoms with van der Waals surface area (Å²) in [5, 5.41) is 2.54. The van der Waals surface area contributed by atoms with Gasteiger partial charge >= 0.3 is 0 Å². The van der Waals surface area contributed by atoms with Crippen LogP contribution in [-0.4, -0.2) is 46.9 Å². The molecule has 0 radical (unpaired) electrons. The maximum atomic E-state index is 13.8. The fourth-order valence-corrected chi connectivity index (χ4v) is 3.09. The lowest BCUT2D eigenvalue weighted by Gasteiger charge is -2.15. The van der Waals surface area contributed by atoms with Crippen LogP contribution < -0.4 is 14.8 Å². The number of hydrogen-bond donors (Lipinski definition) is 1. The number of rotatable bonds is 6. The molecule has 0 bridgehead atoms. The molecule has 1 N–H and O–H groups in total. The lowest BCUT2D eigenvalue weighted by molar-refractivity contribution is 0.102. The van der Waals surface area contributed by atoms with E-state index in [1.807, 2.05) is 0 Å². The number of sulfonamides is 1. The third kappa shape index (κ3) is 3.94. The molecule has 0 aliphatic carbocycles. The number of carbonyl (C=O) groups is 1. The van der Waals surface area contributed by atoms with Gasteiger partial charge in [-0.25, -0.2) is 17.1 Å². The number of amides is 1. The van der Waals surface area contributed by atoms with E-state index in [2.05, 4.69) is 5.32 Å². The first-order chi connectivity index (χ1) is 12.2. The van der Waals surface area contributed by atoms with E-state index in [1.165, 1.54) is 58.6 Å². The van der Waals surface area contributed by atoms with Crippen molar-refractivity contribution >= 4 is 21.6 Å². The third-order valence-corrected chi connectivity index (χ3v) is 5.42. The van der Waals surface area contributed by atoms with Gasteiger partial charge in [0, 0.05) is 19.7 Å². The fourth-order valence-electron chi connectivity index (χ4n) is 2.16. The van der Waals surface area contributed by atoms with Crippen LogP contribution in [0.5, 0.6) is 11.5 Å². The van der Waals surface area contributed by atoms with Crippen LogP contribution >= 0.6 is 0 Å². The van der Waals surface area contributed by atoms with Crippen LogP contribution in [0.2, 0.25) is 0 Å². The van der Waals surface area contributed by atoms with Crippen LogP contribution in [0.1, 0.15) is 10.4 Å². The highest BCUT2D eigenvalue weighted by atomic mass is 32.2. The Kier molecular flexibility index (Phi) is 5.83. The number of benzene rings is 2. The predicted octanol–water partition coefficient (Wildman–Crippen LogP) is 2.35. The Hall–Kier alpha value is -2.65. The van der Waals surface area contributed by atoms with E-state index in [4.69, 9.17) is 9.47 Å². The highest BCUT2D eigenvalue weighted by molar-refractivity contribution is 7.89. The van der Waals surface area contributed by atoms with Crippen molar-refractivity contribution in [1.29, 1.82) is 0 Å². The molecule has 0 unspecified atom stereocenters. The molecular formula is C17H19FN2O5S. The molecule has 0 saturated carbocycles. The summed E-state index contributed by atoms with van der Waals surface area (Å²) in [6.07, 6.45) is 0. The molecule has 0 aliphatic heterocycles. The van der Waals surface area contributed by atoms with Crippen molar-refractivity contribution in [3.8, 4) is 11.5 Å². The molecule has 2 rings (SSSR count). The van der Waals surface area contributed by atoms with E-state index in [1.54, 1.807) is 0 Å². The van der Waals surface area contributed by atoms with Crippen LogP contribution in [0.3, 0.4) is 0 Å². The van der Waals surface area contributed by atoms with Gasteiger partial charge in [-0.2, -0.15) is 0 Å². The van der Waals surface area contributed by atoms with Gasteiger partial charge in [0.15, 0.2) is 11.6 Å². The minimum absolute atomic E-state index is 0.0122. The molecular weight excluding hydrogens is 363 g/mol. The first-order valence-electron chi connectivity index (χ1n) is 7.46. The molecule has 1 amide bonds. The zero-order chi connectivity index (χ0) is 19.5. The Labute approximate surface area is 151 Å². The Morgan fingerprint density at radius 3 is 2.19 bits per heavy atom. The highest BCUT2D eigenvalue weighted by Crippen LogP contribution is 2.29. The Balaban J connectivity index is 2.38. The van der Waals surface area contributed by atoms with Gasteiger partial charge in [-0.1, -0.05) is 0 Å². The van der Waals surface area contributed by atoms with Crippen molar-refractivity contribution < 1.29 is 27.1 Å². The summed E-state index contributed by atoms with van der Waals surface area (Å²) >= 11 is 0. The number of ether oxygens (including phenoxy) is 2. The van der Waals surface area contributed by atoms with Gasteiger partial charge in [-0.05, 0) is 36.4 Å². The number of halogens is 1. The first kappa shape index (κ1) is 19.7. The van der Waals surface area contributed by atoms with E-state index in [9.17, 15) is 17.6 Å². The second-order valence-corrected chi connectivity index (χ2v) is 7.60. The molecule has 0 fully saturated rings.